The number of nitrogens with zero attached hydrogens (tertiary/aromatic N) is 3. The molecule has 2 heterocycles. The van der Waals surface area contributed by atoms with Crippen molar-refractivity contribution in [2.45, 2.75) is 25.8 Å². The van der Waals surface area contributed by atoms with Crippen molar-refractivity contribution in [3.63, 3.8) is 0 Å². The number of hydrogen-bond donors (Lipinski definition) is 1. The number of benzene rings is 1. The Morgan fingerprint density at radius 1 is 1.09 bits per heavy atom. The summed E-state index contributed by atoms with van der Waals surface area (Å²) in [5, 5.41) is 4.66. The number of anilines is 1. The van der Waals surface area contributed by atoms with Gasteiger partial charge in [-0.3, -0.25) is 4.98 Å². The molecule has 0 radical (unpaired) electrons. The van der Waals surface area contributed by atoms with Crippen molar-refractivity contribution < 1.29 is 0 Å². The quantitative estimate of drug-likeness (QED) is 0.791. The first-order valence-electron chi connectivity index (χ1n) is 7.75. The van der Waals surface area contributed by atoms with Crippen LogP contribution in [0.2, 0.25) is 0 Å². The predicted octanol–water partition coefficient (Wildman–Crippen LogP) is 3.90. The zero-order chi connectivity index (χ0) is 14.9. The largest absolute Gasteiger partial charge is 0.367 e. The Morgan fingerprint density at radius 2 is 1.95 bits per heavy atom. The van der Waals surface area contributed by atoms with Crippen LogP contribution in [0.4, 0.5) is 5.82 Å². The van der Waals surface area contributed by atoms with Gasteiger partial charge in [-0.2, -0.15) is 0 Å². The molecule has 1 aromatic carbocycles. The third-order valence-corrected chi connectivity index (χ3v) is 4.22. The van der Waals surface area contributed by atoms with E-state index in [0.717, 1.165) is 34.0 Å². The number of rotatable bonds is 4. The van der Waals surface area contributed by atoms with Crippen LogP contribution in [0.5, 0.6) is 0 Å². The maximum absolute atomic E-state index is 4.76. The Bertz CT molecular complexity index is 797. The van der Waals surface area contributed by atoms with Gasteiger partial charge in [-0.1, -0.05) is 12.1 Å². The summed E-state index contributed by atoms with van der Waals surface area (Å²) in [5.41, 5.74) is 1.90. The first-order valence-corrected chi connectivity index (χ1v) is 7.75. The molecular weight excluding hydrogens is 272 g/mol. The molecule has 4 rings (SSSR count). The molecule has 110 valence electrons. The molecule has 4 heteroatoms. The second kappa shape index (κ2) is 5.37. The van der Waals surface area contributed by atoms with Crippen LogP contribution < -0.4 is 5.32 Å². The van der Waals surface area contributed by atoms with E-state index in [4.69, 9.17) is 4.98 Å². The van der Waals surface area contributed by atoms with Crippen molar-refractivity contribution in [1.29, 1.82) is 0 Å². The van der Waals surface area contributed by atoms with E-state index in [-0.39, 0.29) is 0 Å². The van der Waals surface area contributed by atoms with Gasteiger partial charge in [0.05, 0.1) is 5.52 Å². The molecule has 0 saturated heterocycles. The van der Waals surface area contributed by atoms with E-state index in [9.17, 15) is 0 Å². The lowest BCUT2D eigenvalue weighted by atomic mass is 10.1. The average molecular weight is 290 g/mol. The van der Waals surface area contributed by atoms with E-state index in [1.165, 1.54) is 12.8 Å². The number of aromatic nitrogens is 3. The van der Waals surface area contributed by atoms with Crippen molar-refractivity contribution in [3.05, 3.63) is 48.8 Å². The van der Waals surface area contributed by atoms with Crippen LogP contribution in [0.25, 0.3) is 22.3 Å². The zero-order valence-electron chi connectivity index (χ0n) is 12.5. The third kappa shape index (κ3) is 2.52. The molecule has 1 aliphatic carbocycles. The van der Waals surface area contributed by atoms with Crippen molar-refractivity contribution in [3.8, 4) is 11.4 Å². The molecule has 1 aliphatic rings. The fourth-order valence-electron chi connectivity index (χ4n) is 2.74. The summed E-state index contributed by atoms with van der Waals surface area (Å²) in [4.78, 5) is 13.6. The standard InChI is InChI=1S/C18H18N4/c1-12(13-8-9-13)20-18-15-6-2-3-7-16(15)21-17(22-18)14-5-4-10-19-11-14/h2-7,10-13H,8-9H2,1H3,(H,20,21,22). The normalized spacial score (nSPS) is 15.7. The van der Waals surface area contributed by atoms with Crippen LogP contribution in [0.3, 0.4) is 0 Å². The fraction of sp³-hybridized carbons (Fsp3) is 0.278. The van der Waals surface area contributed by atoms with E-state index < -0.39 is 0 Å². The van der Waals surface area contributed by atoms with Gasteiger partial charge in [0.2, 0.25) is 0 Å². The summed E-state index contributed by atoms with van der Waals surface area (Å²) >= 11 is 0. The minimum atomic E-state index is 0.444. The molecule has 1 atom stereocenters. The lowest BCUT2D eigenvalue weighted by Crippen LogP contribution is -2.18. The Morgan fingerprint density at radius 3 is 2.73 bits per heavy atom. The highest BCUT2D eigenvalue weighted by Crippen LogP contribution is 2.35. The Labute approximate surface area is 129 Å². The molecule has 0 amide bonds. The third-order valence-electron chi connectivity index (χ3n) is 4.22. The lowest BCUT2D eigenvalue weighted by Gasteiger charge is -2.16. The summed E-state index contributed by atoms with van der Waals surface area (Å²) in [6.07, 6.45) is 6.19. The SMILES string of the molecule is CC(Nc1nc(-c2cccnc2)nc2ccccc12)C1CC1. The highest BCUT2D eigenvalue weighted by atomic mass is 15.1. The molecule has 0 bridgehead atoms. The van der Waals surface area contributed by atoms with E-state index in [1.807, 2.05) is 30.3 Å². The second-order valence-electron chi connectivity index (χ2n) is 5.93. The van der Waals surface area contributed by atoms with Crippen LogP contribution in [0.15, 0.2) is 48.8 Å². The monoisotopic (exact) mass is 290 g/mol. The molecule has 1 saturated carbocycles. The number of nitrogens with one attached hydrogen (secondary N) is 1. The molecule has 2 aromatic heterocycles. The molecule has 1 unspecified atom stereocenters. The molecular formula is C18H18N4. The van der Waals surface area contributed by atoms with Crippen molar-refractivity contribution in [2.75, 3.05) is 5.32 Å². The molecule has 3 aromatic rings. The first-order chi connectivity index (χ1) is 10.8. The van der Waals surface area contributed by atoms with Gasteiger partial charge in [0.1, 0.15) is 5.82 Å². The summed E-state index contributed by atoms with van der Waals surface area (Å²) < 4.78 is 0. The molecule has 0 spiro atoms. The topological polar surface area (TPSA) is 50.7 Å². The second-order valence-corrected chi connectivity index (χ2v) is 5.93. The molecule has 1 fully saturated rings. The van der Waals surface area contributed by atoms with Gasteiger partial charge < -0.3 is 5.32 Å². The van der Waals surface area contributed by atoms with E-state index in [1.54, 1.807) is 12.4 Å². The Hall–Kier alpha value is -2.49. The number of hydrogen-bond acceptors (Lipinski definition) is 4. The lowest BCUT2D eigenvalue weighted by molar-refractivity contribution is 0.691. The van der Waals surface area contributed by atoms with Gasteiger partial charge in [-0.25, -0.2) is 9.97 Å². The summed E-state index contributed by atoms with van der Waals surface area (Å²) in [5.74, 6) is 2.41. The Kier molecular flexibility index (Phi) is 3.22. The summed E-state index contributed by atoms with van der Waals surface area (Å²) in [7, 11) is 0. The summed E-state index contributed by atoms with van der Waals surface area (Å²) in [6, 6.07) is 12.5. The van der Waals surface area contributed by atoms with E-state index >= 15 is 0 Å². The van der Waals surface area contributed by atoms with Gasteiger partial charge in [0.25, 0.3) is 0 Å². The zero-order valence-corrected chi connectivity index (χ0v) is 12.5. The maximum Gasteiger partial charge on any atom is 0.163 e. The average Bonchev–Trinajstić information content (AvgIpc) is 3.40. The van der Waals surface area contributed by atoms with Gasteiger partial charge in [-0.05, 0) is 49.9 Å². The molecule has 1 N–H and O–H groups in total. The van der Waals surface area contributed by atoms with Crippen LogP contribution in [-0.4, -0.2) is 21.0 Å². The molecule has 0 aliphatic heterocycles. The van der Waals surface area contributed by atoms with Gasteiger partial charge in [0.15, 0.2) is 5.82 Å². The van der Waals surface area contributed by atoms with E-state index in [0.29, 0.717) is 6.04 Å². The van der Waals surface area contributed by atoms with Crippen LogP contribution >= 0.6 is 0 Å². The minimum absolute atomic E-state index is 0.444. The predicted molar refractivity (Wildman–Crippen MR) is 88.6 cm³/mol. The minimum Gasteiger partial charge on any atom is -0.367 e. The number of pyridine rings is 1. The number of fused-ring (bicyclic) bond motifs is 1. The molecule has 4 nitrogen and oxygen atoms in total. The van der Waals surface area contributed by atoms with Crippen LogP contribution in [0, 0.1) is 5.92 Å². The molecule has 22 heavy (non-hydrogen) atoms. The van der Waals surface area contributed by atoms with Crippen molar-refractivity contribution in [1.82, 2.24) is 15.0 Å². The summed E-state index contributed by atoms with van der Waals surface area (Å²) in [6.45, 7) is 2.23. The van der Waals surface area contributed by atoms with Crippen LogP contribution in [0.1, 0.15) is 19.8 Å². The smallest absolute Gasteiger partial charge is 0.163 e. The van der Waals surface area contributed by atoms with Gasteiger partial charge in [0, 0.05) is 29.4 Å². The fourth-order valence-corrected chi connectivity index (χ4v) is 2.74. The van der Waals surface area contributed by atoms with Crippen molar-refractivity contribution >= 4 is 16.7 Å². The van der Waals surface area contributed by atoms with Gasteiger partial charge in [-0.15, -0.1) is 0 Å². The maximum atomic E-state index is 4.76. The highest BCUT2D eigenvalue weighted by Gasteiger charge is 2.28. The van der Waals surface area contributed by atoms with E-state index in [2.05, 4.69) is 28.3 Å². The number of para-hydroxylation sites is 1. The van der Waals surface area contributed by atoms with Gasteiger partial charge >= 0.3 is 0 Å². The highest BCUT2D eigenvalue weighted by molar-refractivity contribution is 5.90. The first kappa shape index (κ1) is 13.2. The Balaban J connectivity index is 1.82. The van der Waals surface area contributed by atoms with Crippen LogP contribution in [-0.2, 0) is 0 Å². The van der Waals surface area contributed by atoms with Crippen molar-refractivity contribution in [2.24, 2.45) is 5.92 Å².